The fourth-order valence-corrected chi connectivity index (χ4v) is 3.92. The first-order valence-corrected chi connectivity index (χ1v) is 8.48. The lowest BCUT2D eigenvalue weighted by Crippen LogP contribution is -2.57. The summed E-state index contributed by atoms with van der Waals surface area (Å²) in [6.07, 6.45) is 6.39. The van der Waals surface area contributed by atoms with Gasteiger partial charge in [0.2, 0.25) is 0 Å². The maximum absolute atomic E-state index is 12.8. The third-order valence-electron chi connectivity index (χ3n) is 5.10. The van der Waals surface area contributed by atoms with E-state index in [0.29, 0.717) is 30.9 Å². The minimum Gasteiger partial charge on any atom is -0.378 e. The monoisotopic (exact) mass is 323 g/mol. The summed E-state index contributed by atoms with van der Waals surface area (Å²) in [4.78, 5) is 23.2. The van der Waals surface area contributed by atoms with Gasteiger partial charge in [-0.3, -0.25) is 9.69 Å². The molecular formula is C19H21N3O2. The first-order valence-electron chi connectivity index (χ1n) is 8.48. The predicted octanol–water partition coefficient (Wildman–Crippen LogP) is 2.34. The summed E-state index contributed by atoms with van der Waals surface area (Å²) in [5, 5.41) is 0. The molecule has 2 saturated heterocycles. The average Bonchev–Trinajstić information content (AvgIpc) is 2.62. The van der Waals surface area contributed by atoms with E-state index in [1.165, 1.54) is 11.9 Å². The summed E-state index contributed by atoms with van der Waals surface area (Å²) in [5.41, 5.74) is 1.94. The molecule has 0 N–H and O–H groups in total. The Bertz CT molecular complexity index is 678. The Hall–Kier alpha value is -2.11. The molecule has 0 amide bonds. The topological polar surface area (TPSA) is 55.3 Å². The van der Waals surface area contributed by atoms with Crippen LogP contribution in [0, 0.1) is 5.92 Å². The van der Waals surface area contributed by atoms with E-state index >= 15 is 0 Å². The number of ether oxygens (including phenoxy) is 1. The standard InChI is InChI=1S/C19H21N3O2/c23-19(16-8-20-13-21-9-16)15-6-17-11-24-12-18(7-15)22(17)10-14-4-2-1-3-5-14/h1-5,8-9,13,15,17-18H,6-7,10-12H2. The van der Waals surface area contributed by atoms with E-state index in [9.17, 15) is 4.79 Å². The Morgan fingerprint density at radius 1 is 1.08 bits per heavy atom. The molecule has 0 saturated carbocycles. The summed E-state index contributed by atoms with van der Waals surface area (Å²) < 4.78 is 5.76. The van der Waals surface area contributed by atoms with Gasteiger partial charge in [0.15, 0.2) is 5.78 Å². The SMILES string of the molecule is O=C(c1cncnc1)C1CC2COCC(C1)N2Cc1ccccc1. The zero-order valence-electron chi connectivity index (χ0n) is 13.5. The van der Waals surface area contributed by atoms with Crippen LogP contribution in [0.2, 0.25) is 0 Å². The van der Waals surface area contributed by atoms with Crippen LogP contribution in [0.3, 0.4) is 0 Å². The molecule has 24 heavy (non-hydrogen) atoms. The third-order valence-corrected chi connectivity index (χ3v) is 5.10. The number of hydrogen-bond donors (Lipinski definition) is 0. The van der Waals surface area contributed by atoms with E-state index in [1.807, 2.05) is 6.07 Å². The average molecular weight is 323 g/mol. The second kappa shape index (κ2) is 6.79. The van der Waals surface area contributed by atoms with Gasteiger partial charge in [-0.15, -0.1) is 0 Å². The number of rotatable bonds is 4. The van der Waals surface area contributed by atoms with Gasteiger partial charge < -0.3 is 4.74 Å². The number of fused-ring (bicyclic) bond motifs is 2. The van der Waals surface area contributed by atoms with E-state index in [4.69, 9.17) is 4.74 Å². The molecule has 5 heteroatoms. The minimum absolute atomic E-state index is 0.0434. The van der Waals surface area contributed by atoms with Gasteiger partial charge in [-0.1, -0.05) is 30.3 Å². The second-order valence-electron chi connectivity index (χ2n) is 6.66. The van der Waals surface area contributed by atoms with Gasteiger partial charge in [0, 0.05) is 36.9 Å². The molecule has 5 nitrogen and oxygen atoms in total. The van der Waals surface area contributed by atoms with Crippen molar-refractivity contribution in [2.75, 3.05) is 13.2 Å². The summed E-state index contributed by atoms with van der Waals surface area (Å²) in [6, 6.07) is 11.1. The van der Waals surface area contributed by atoms with Gasteiger partial charge in [0.1, 0.15) is 6.33 Å². The number of nitrogens with zero attached hydrogens (tertiary/aromatic N) is 3. The lowest BCUT2D eigenvalue weighted by Gasteiger charge is -2.48. The number of Topliss-reactive ketones (excluding diaryl/α,β-unsaturated/α-hetero) is 1. The van der Waals surface area contributed by atoms with Crippen LogP contribution in [0.15, 0.2) is 49.1 Å². The molecule has 2 bridgehead atoms. The van der Waals surface area contributed by atoms with Gasteiger partial charge in [-0.05, 0) is 18.4 Å². The quantitative estimate of drug-likeness (QED) is 0.808. The van der Waals surface area contributed by atoms with Crippen LogP contribution in [0.4, 0.5) is 0 Å². The highest BCUT2D eigenvalue weighted by Gasteiger charge is 2.41. The molecule has 0 spiro atoms. The molecule has 3 heterocycles. The van der Waals surface area contributed by atoms with Crippen molar-refractivity contribution in [1.29, 1.82) is 0 Å². The lowest BCUT2D eigenvalue weighted by atomic mass is 9.81. The molecule has 2 aliphatic rings. The van der Waals surface area contributed by atoms with Crippen LogP contribution >= 0.6 is 0 Å². The summed E-state index contributed by atoms with van der Waals surface area (Å²) in [5.74, 6) is 0.216. The highest BCUT2D eigenvalue weighted by Crippen LogP contribution is 2.34. The van der Waals surface area contributed by atoms with E-state index in [2.05, 4.69) is 39.1 Å². The van der Waals surface area contributed by atoms with Crippen LogP contribution in [-0.4, -0.2) is 45.9 Å². The summed E-state index contributed by atoms with van der Waals surface area (Å²) in [7, 11) is 0. The van der Waals surface area contributed by atoms with E-state index in [-0.39, 0.29) is 11.7 Å². The molecular weight excluding hydrogens is 302 g/mol. The summed E-state index contributed by atoms with van der Waals surface area (Å²) >= 11 is 0. The number of carbonyl (C=O) groups is 1. The van der Waals surface area contributed by atoms with Gasteiger partial charge in [-0.2, -0.15) is 0 Å². The van der Waals surface area contributed by atoms with Gasteiger partial charge in [-0.25, -0.2) is 9.97 Å². The van der Waals surface area contributed by atoms with Crippen molar-refractivity contribution in [3.05, 3.63) is 60.2 Å². The Kier molecular flexibility index (Phi) is 4.36. The third kappa shape index (κ3) is 3.09. The number of ketones is 1. The van der Waals surface area contributed by atoms with Crippen molar-refractivity contribution in [2.24, 2.45) is 5.92 Å². The second-order valence-corrected chi connectivity index (χ2v) is 6.66. The molecule has 124 valence electrons. The van der Waals surface area contributed by atoms with E-state index in [1.54, 1.807) is 12.4 Å². The van der Waals surface area contributed by atoms with E-state index in [0.717, 1.165) is 19.4 Å². The summed E-state index contributed by atoms with van der Waals surface area (Å²) in [6.45, 7) is 2.34. The van der Waals surface area contributed by atoms with E-state index < -0.39 is 0 Å². The van der Waals surface area contributed by atoms with Crippen LogP contribution in [0.25, 0.3) is 0 Å². The van der Waals surface area contributed by atoms with Crippen molar-refractivity contribution in [3.8, 4) is 0 Å². The molecule has 0 aliphatic carbocycles. The molecule has 0 radical (unpaired) electrons. The largest absolute Gasteiger partial charge is 0.378 e. The number of aromatic nitrogens is 2. The first kappa shape index (κ1) is 15.4. The first-order chi connectivity index (χ1) is 11.8. The van der Waals surface area contributed by atoms with Crippen molar-refractivity contribution < 1.29 is 9.53 Å². The zero-order chi connectivity index (χ0) is 16.4. The zero-order valence-corrected chi connectivity index (χ0v) is 13.5. The lowest BCUT2D eigenvalue weighted by molar-refractivity contribution is -0.0872. The number of piperidine rings is 1. The van der Waals surface area contributed by atoms with Crippen LogP contribution < -0.4 is 0 Å². The molecule has 2 aliphatic heterocycles. The highest BCUT2D eigenvalue weighted by atomic mass is 16.5. The number of carbonyl (C=O) groups excluding carboxylic acids is 1. The smallest absolute Gasteiger partial charge is 0.169 e. The minimum atomic E-state index is 0.0434. The number of morpholine rings is 1. The molecule has 1 aromatic carbocycles. The number of benzene rings is 1. The van der Waals surface area contributed by atoms with Crippen LogP contribution in [0.1, 0.15) is 28.8 Å². The van der Waals surface area contributed by atoms with Gasteiger partial charge >= 0.3 is 0 Å². The Morgan fingerprint density at radius 3 is 2.42 bits per heavy atom. The fraction of sp³-hybridized carbons (Fsp3) is 0.421. The number of hydrogen-bond acceptors (Lipinski definition) is 5. The maximum atomic E-state index is 12.8. The molecule has 2 atom stereocenters. The Labute approximate surface area is 141 Å². The molecule has 2 unspecified atom stereocenters. The molecule has 2 fully saturated rings. The van der Waals surface area contributed by atoms with Crippen molar-refractivity contribution in [3.63, 3.8) is 0 Å². The maximum Gasteiger partial charge on any atom is 0.169 e. The Morgan fingerprint density at radius 2 is 1.75 bits per heavy atom. The van der Waals surface area contributed by atoms with Gasteiger partial charge in [0.05, 0.1) is 18.8 Å². The molecule has 4 rings (SSSR count). The van der Waals surface area contributed by atoms with Crippen molar-refractivity contribution >= 4 is 5.78 Å². The predicted molar refractivity (Wildman–Crippen MR) is 89.5 cm³/mol. The van der Waals surface area contributed by atoms with Crippen molar-refractivity contribution in [1.82, 2.24) is 14.9 Å². The van der Waals surface area contributed by atoms with Crippen LogP contribution in [0.5, 0.6) is 0 Å². The van der Waals surface area contributed by atoms with Crippen molar-refractivity contribution in [2.45, 2.75) is 31.5 Å². The normalized spacial score (nSPS) is 26.9. The fourth-order valence-electron chi connectivity index (χ4n) is 3.92. The highest BCUT2D eigenvalue weighted by molar-refractivity contribution is 5.97. The van der Waals surface area contributed by atoms with Crippen LogP contribution in [-0.2, 0) is 11.3 Å². The van der Waals surface area contributed by atoms with Gasteiger partial charge in [0.25, 0.3) is 0 Å². The molecule has 2 aromatic rings. The Balaban J connectivity index is 1.49. The molecule has 1 aromatic heterocycles.